The highest BCUT2D eigenvalue weighted by molar-refractivity contribution is 6.23. The van der Waals surface area contributed by atoms with Gasteiger partial charge in [0.15, 0.2) is 0 Å². The average molecular weight is 333 g/mol. The van der Waals surface area contributed by atoms with Gasteiger partial charge in [-0.2, -0.15) is 0 Å². The zero-order chi connectivity index (χ0) is 16.1. The maximum Gasteiger partial charge on any atom is 0.313 e. The Hall–Kier alpha value is -0.360. The molecule has 5 nitrogen and oxygen atoms in total. The summed E-state index contributed by atoms with van der Waals surface area (Å²) in [7, 11) is 0. The summed E-state index contributed by atoms with van der Waals surface area (Å²) < 4.78 is 17.0. The first-order valence-corrected chi connectivity index (χ1v) is 8.62. The van der Waals surface area contributed by atoms with Crippen LogP contribution in [0.2, 0.25) is 0 Å². The Morgan fingerprint density at radius 2 is 2.05 bits per heavy atom. The van der Waals surface area contributed by atoms with E-state index in [4.69, 9.17) is 25.8 Å². The van der Waals surface area contributed by atoms with Crippen LogP contribution in [0.1, 0.15) is 46.5 Å². The largest absolute Gasteiger partial charge is 0.462 e. The maximum atomic E-state index is 12.5. The fraction of sp³-hybridized carbons (Fsp3) is 0.938. The number of carbonyl (C=O) groups excluding carboxylic acids is 1. The van der Waals surface area contributed by atoms with Crippen molar-refractivity contribution in [1.29, 1.82) is 0 Å². The third kappa shape index (κ3) is 3.14. The van der Waals surface area contributed by atoms with Gasteiger partial charge in [0.2, 0.25) is 0 Å². The van der Waals surface area contributed by atoms with E-state index in [2.05, 4.69) is 0 Å². The molecule has 0 aliphatic carbocycles. The lowest BCUT2D eigenvalue weighted by Crippen LogP contribution is -2.42. The SMILES string of the molecule is CCC[C@@H](O)C[C@H]1C[C@@H]2O[C@@H]2[C@@H]2O[C@@H]2[C@@H](Cl)C(C)(C)C(=O)O1. The number of ether oxygens (including phenoxy) is 3. The summed E-state index contributed by atoms with van der Waals surface area (Å²) in [6, 6.07) is 0. The molecule has 3 rings (SSSR count). The number of aliphatic hydroxyl groups is 1. The van der Waals surface area contributed by atoms with E-state index < -0.39 is 16.9 Å². The monoisotopic (exact) mass is 332 g/mol. The van der Waals surface area contributed by atoms with E-state index in [0.29, 0.717) is 19.3 Å². The van der Waals surface area contributed by atoms with E-state index in [1.807, 2.05) is 6.92 Å². The van der Waals surface area contributed by atoms with Gasteiger partial charge in [-0.1, -0.05) is 13.3 Å². The zero-order valence-corrected chi connectivity index (χ0v) is 14.1. The topological polar surface area (TPSA) is 71.6 Å². The molecule has 3 aliphatic rings. The minimum Gasteiger partial charge on any atom is -0.462 e. The minimum absolute atomic E-state index is 0.00103. The zero-order valence-electron chi connectivity index (χ0n) is 13.3. The van der Waals surface area contributed by atoms with Crippen LogP contribution in [0, 0.1) is 5.41 Å². The van der Waals surface area contributed by atoms with Crippen molar-refractivity contribution in [3.05, 3.63) is 0 Å². The number of carbonyl (C=O) groups is 1. The number of epoxide rings is 2. The predicted molar refractivity (Wildman–Crippen MR) is 80.8 cm³/mol. The van der Waals surface area contributed by atoms with E-state index in [1.165, 1.54) is 0 Å². The molecule has 1 N–H and O–H groups in total. The molecule has 7 atom stereocenters. The molecule has 0 aromatic heterocycles. The Morgan fingerprint density at radius 1 is 1.32 bits per heavy atom. The fourth-order valence-corrected chi connectivity index (χ4v) is 3.60. The smallest absolute Gasteiger partial charge is 0.313 e. The summed E-state index contributed by atoms with van der Waals surface area (Å²) in [4.78, 5) is 12.5. The highest BCUT2D eigenvalue weighted by atomic mass is 35.5. The van der Waals surface area contributed by atoms with Gasteiger partial charge in [0.1, 0.15) is 24.4 Å². The van der Waals surface area contributed by atoms with Gasteiger partial charge < -0.3 is 19.3 Å². The van der Waals surface area contributed by atoms with E-state index >= 15 is 0 Å². The van der Waals surface area contributed by atoms with E-state index in [-0.39, 0.29) is 36.5 Å². The second kappa shape index (κ2) is 5.93. The third-order valence-electron chi connectivity index (χ3n) is 4.94. The Morgan fingerprint density at radius 3 is 2.73 bits per heavy atom. The van der Waals surface area contributed by atoms with Crippen LogP contribution in [-0.2, 0) is 19.0 Å². The van der Waals surface area contributed by atoms with E-state index in [0.717, 1.165) is 6.42 Å². The Kier molecular flexibility index (Phi) is 4.45. The van der Waals surface area contributed by atoms with Crippen LogP contribution >= 0.6 is 11.6 Å². The molecule has 3 heterocycles. The lowest BCUT2D eigenvalue weighted by atomic mass is 9.85. The summed E-state index contributed by atoms with van der Waals surface area (Å²) >= 11 is 6.45. The van der Waals surface area contributed by atoms with Gasteiger partial charge in [-0.15, -0.1) is 11.6 Å². The fourth-order valence-electron chi connectivity index (χ4n) is 3.30. The molecule has 3 aliphatic heterocycles. The van der Waals surface area contributed by atoms with Crippen LogP contribution in [0.25, 0.3) is 0 Å². The molecule has 0 amide bonds. The number of esters is 1. The molecule has 0 saturated carbocycles. The van der Waals surface area contributed by atoms with E-state index in [9.17, 15) is 9.90 Å². The van der Waals surface area contributed by atoms with Crippen molar-refractivity contribution in [2.45, 2.75) is 88.5 Å². The van der Waals surface area contributed by atoms with Crippen LogP contribution in [0.15, 0.2) is 0 Å². The molecule has 3 fully saturated rings. The number of rotatable bonds is 4. The van der Waals surface area contributed by atoms with Gasteiger partial charge in [0.25, 0.3) is 0 Å². The highest BCUT2D eigenvalue weighted by Crippen LogP contribution is 2.48. The molecular weight excluding hydrogens is 308 g/mol. The summed E-state index contributed by atoms with van der Waals surface area (Å²) in [5.41, 5.74) is -0.823. The van der Waals surface area contributed by atoms with Crippen molar-refractivity contribution in [3.8, 4) is 0 Å². The van der Waals surface area contributed by atoms with Crippen LogP contribution in [0.5, 0.6) is 0 Å². The normalized spacial score (nSPS) is 44.3. The number of hydrogen-bond acceptors (Lipinski definition) is 5. The average Bonchev–Trinajstić information content (AvgIpc) is 3.30. The van der Waals surface area contributed by atoms with E-state index in [1.54, 1.807) is 13.8 Å². The molecule has 22 heavy (non-hydrogen) atoms. The quantitative estimate of drug-likeness (QED) is 0.484. The van der Waals surface area contributed by atoms with Gasteiger partial charge in [0.05, 0.1) is 23.0 Å². The molecule has 3 saturated heterocycles. The second-order valence-corrected chi connectivity index (χ2v) is 7.74. The molecule has 126 valence electrons. The van der Waals surface area contributed by atoms with Crippen molar-refractivity contribution >= 4 is 17.6 Å². The van der Waals surface area contributed by atoms with Crippen molar-refractivity contribution < 1.29 is 24.1 Å². The van der Waals surface area contributed by atoms with Gasteiger partial charge in [-0.25, -0.2) is 0 Å². The highest BCUT2D eigenvalue weighted by Gasteiger charge is 2.63. The number of alkyl halides is 1. The lowest BCUT2D eigenvalue weighted by Gasteiger charge is -2.30. The molecule has 0 bridgehead atoms. The number of cyclic esters (lactones) is 1. The van der Waals surface area contributed by atoms with Crippen molar-refractivity contribution in [2.75, 3.05) is 0 Å². The Balaban J connectivity index is 1.72. The van der Waals surface area contributed by atoms with Gasteiger partial charge in [0, 0.05) is 12.8 Å². The predicted octanol–water partition coefficient (Wildman–Crippen LogP) is 2.02. The van der Waals surface area contributed by atoms with Crippen LogP contribution in [0.4, 0.5) is 0 Å². The minimum atomic E-state index is -0.823. The first-order chi connectivity index (χ1) is 10.3. The molecule has 0 radical (unpaired) electrons. The van der Waals surface area contributed by atoms with Crippen LogP contribution < -0.4 is 0 Å². The summed E-state index contributed by atoms with van der Waals surface area (Å²) in [6.45, 7) is 5.60. The molecular formula is C16H25ClO5. The van der Waals surface area contributed by atoms with Crippen molar-refractivity contribution in [1.82, 2.24) is 0 Å². The molecule has 6 heteroatoms. The lowest BCUT2D eigenvalue weighted by molar-refractivity contribution is -0.162. The number of hydrogen-bond donors (Lipinski definition) is 1. The van der Waals surface area contributed by atoms with Gasteiger partial charge in [-0.3, -0.25) is 4.79 Å². The standard InChI is InChI=1S/C16H25ClO5/c1-4-5-8(18)6-9-7-10-11(21-10)12-13(22-12)14(17)16(2,3)15(19)20-9/h8-14,18H,4-7H2,1-3H3/t8-,9+,10+,11+,12+,13+,14-/m1/s1. The number of aliphatic hydroxyl groups excluding tert-OH is 1. The van der Waals surface area contributed by atoms with Gasteiger partial charge in [-0.05, 0) is 20.3 Å². The first kappa shape index (κ1) is 16.5. The van der Waals surface area contributed by atoms with Crippen LogP contribution in [-0.4, -0.2) is 53.1 Å². The first-order valence-electron chi connectivity index (χ1n) is 8.18. The third-order valence-corrected chi connectivity index (χ3v) is 5.73. The Labute approximate surface area is 136 Å². The van der Waals surface area contributed by atoms with Crippen LogP contribution in [0.3, 0.4) is 0 Å². The summed E-state index contributed by atoms with van der Waals surface area (Å²) in [5.74, 6) is -0.324. The second-order valence-electron chi connectivity index (χ2n) is 7.27. The molecule has 0 unspecified atom stereocenters. The molecule has 0 spiro atoms. The molecule has 0 aromatic rings. The Bertz CT molecular complexity index is 440. The number of fused-ring (bicyclic) bond motifs is 3. The molecule has 0 aromatic carbocycles. The summed E-state index contributed by atoms with van der Waals surface area (Å²) in [5, 5.41) is 9.60. The maximum absolute atomic E-state index is 12.5. The van der Waals surface area contributed by atoms with Crippen molar-refractivity contribution in [2.24, 2.45) is 5.41 Å². The number of halogens is 1. The van der Waals surface area contributed by atoms with Gasteiger partial charge >= 0.3 is 5.97 Å². The summed E-state index contributed by atoms with van der Waals surface area (Å²) in [6.07, 6.45) is 1.86. The van der Waals surface area contributed by atoms with Crippen molar-refractivity contribution in [3.63, 3.8) is 0 Å².